The minimum absolute atomic E-state index is 0.0176. The van der Waals surface area contributed by atoms with E-state index in [-0.39, 0.29) is 12.0 Å². The van der Waals surface area contributed by atoms with Gasteiger partial charge in [-0.25, -0.2) is 14.9 Å². The number of imidazole rings is 1. The van der Waals surface area contributed by atoms with Crippen LogP contribution in [0.5, 0.6) is 0 Å². The summed E-state index contributed by atoms with van der Waals surface area (Å²) < 4.78 is 0. The lowest BCUT2D eigenvalue weighted by Gasteiger charge is -2.17. The molecule has 2 aromatic carbocycles. The van der Waals surface area contributed by atoms with Crippen LogP contribution in [0.1, 0.15) is 16.1 Å². The molecule has 0 saturated carbocycles. The Morgan fingerprint density at radius 1 is 1.00 bits per heavy atom. The number of rotatable bonds is 7. The maximum Gasteiger partial charge on any atom is 0.326 e. The molecule has 4 rings (SSSR count). The minimum Gasteiger partial charge on any atom is -0.480 e. The maximum absolute atomic E-state index is 13.2. The first-order valence-corrected chi connectivity index (χ1v) is 9.79. The zero-order chi connectivity index (χ0) is 22.5. The summed E-state index contributed by atoms with van der Waals surface area (Å²) in [6, 6.07) is 16.8. The first kappa shape index (κ1) is 20.7. The molecule has 0 aliphatic heterocycles. The standard InChI is InChI=1S/C23H19N5O4/c29-21(26-17(23(31)32)11-16-12-24-13-25-16)19-18(14-7-3-1-4-8-14)20(27-28-22(19)30)15-9-5-2-6-10-15/h1-10,12-13,17H,11H2,(H,24,25)(H,26,29)(H,28,30)(H,31,32). The fourth-order valence-electron chi connectivity index (χ4n) is 3.40. The number of hydrogen-bond donors (Lipinski definition) is 4. The second-order valence-electron chi connectivity index (χ2n) is 7.03. The summed E-state index contributed by atoms with van der Waals surface area (Å²) in [6.07, 6.45) is 2.88. The fourth-order valence-corrected chi connectivity index (χ4v) is 3.40. The third-order valence-electron chi connectivity index (χ3n) is 4.90. The van der Waals surface area contributed by atoms with Crippen molar-refractivity contribution in [2.24, 2.45) is 0 Å². The van der Waals surface area contributed by atoms with Crippen molar-refractivity contribution in [1.29, 1.82) is 0 Å². The second-order valence-corrected chi connectivity index (χ2v) is 7.03. The van der Waals surface area contributed by atoms with Gasteiger partial charge < -0.3 is 15.4 Å². The van der Waals surface area contributed by atoms with E-state index in [4.69, 9.17) is 0 Å². The van der Waals surface area contributed by atoms with Gasteiger partial charge in [0.2, 0.25) is 0 Å². The lowest BCUT2D eigenvalue weighted by atomic mass is 9.95. The van der Waals surface area contributed by atoms with Crippen molar-refractivity contribution in [1.82, 2.24) is 25.5 Å². The summed E-state index contributed by atoms with van der Waals surface area (Å²) in [6.45, 7) is 0. The van der Waals surface area contributed by atoms with E-state index >= 15 is 0 Å². The first-order valence-electron chi connectivity index (χ1n) is 9.79. The molecular weight excluding hydrogens is 410 g/mol. The zero-order valence-electron chi connectivity index (χ0n) is 16.8. The van der Waals surface area contributed by atoms with Gasteiger partial charge in [0, 0.05) is 29.4 Å². The summed E-state index contributed by atoms with van der Waals surface area (Å²) >= 11 is 0. The summed E-state index contributed by atoms with van der Waals surface area (Å²) in [5.74, 6) is -2.04. The highest BCUT2D eigenvalue weighted by atomic mass is 16.4. The van der Waals surface area contributed by atoms with Crippen LogP contribution in [0, 0.1) is 0 Å². The van der Waals surface area contributed by atoms with Gasteiger partial charge in [-0.2, -0.15) is 5.10 Å². The number of aliphatic carboxylic acids is 1. The van der Waals surface area contributed by atoms with Crippen molar-refractivity contribution in [3.05, 3.63) is 94.8 Å². The van der Waals surface area contributed by atoms with Crippen LogP contribution in [-0.2, 0) is 11.2 Å². The third-order valence-corrected chi connectivity index (χ3v) is 4.90. The van der Waals surface area contributed by atoms with Gasteiger partial charge in [0.15, 0.2) is 0 Å². The molecule has 0 aliphatic rings. The van der Waals surface area contributed by atoms with E-state index in [0.717, 1.165) is 0 Å². The van der Waals surface area contributed by atoms with E-state index in [0.29, 0.717) is 28.1 Å². The Morgan fingerprint density at radius 3 is 2.25 bits per heavy atom. The van der Waals surface area contributed by atoms with Crippen molar-refractivity contribution in [3.63, 3.8) is 0 Å². The van der Waals surface area contributed by atoms with E-state index in [1.807, 2.05) is 36.4 Å². The molecule has 0 spiro atoms. The number of carboxylic acid groups (broad SMARTS) is 1. The number of carbonyl (C=O) groups excluding carboxylic acids is 1. The Kier molecular flexibility index (Phi) is 5.89. The van der Waals surface area contributed by atoms with Crippen LogP contribution >= 0.6 is 0 Å². The Morgan fingerprint density at radius 2 is 1.66 bits per heavy atom. The number of nitrogens with one attached hydrogen (secondary N) is 3. The molecule has 1 amide bonds. The Labute approximate surface area is 182 Å². The number of carbonyl (C=O) groups is 2. The summed E-state index contributed by atoms with van der Waals surface area (Å²) in [5.41, 5.74) is 1.65. The average Bonchev–Trinajstić information content (AvgIpc) is 3.32. The molecule has 160 valence electrons. The van der Waals surface area contributed by atoms with Crippen LogP contribution < -0.4 is 10.9 Å². The summed E-state index contributed by atoms with van der Waals surface area (Å²) in [5, 5.41) is 18.6. The van der Waals surface area contributed by atoms with E-state index < -0.39 is 23.5 Å². The Bertz CT molecular complexity index is 1290. The van der Waals surface area contributed by atoms with E-state index in [2.05, 4.69) is 25.5 Å². The van der Waals surface area contributed by atoms with Crippen LogP contribution in [0.25, 0.3) is 22.4 Å². The maximum atomic E-state index is 13.2. The van der Waals surface area contributed by atoms with Crippen molar-refractivity contribution in [2.75, 3.05) is 0 Å². The predicted octanol–water partition coefficient (Wildman–Crippen LogP) is 2.25. The molecule has 4 aromatic rings. The quantitative estimate of drug-likeness (QED) is 0.355. The highest BCUT2D eigenvalue weighted by molar-refractivity contribution is 6.04. The molecule has 1 atom stereocenters. The highest BCUT2D eigenvalue weighted by Gasteiger charge is 2.27. The first-order chi connectivity index (χ1) is 15.5. The highest BCUT2D eigenvalue weighted by Crippen LogP contribution is 2.31. The smallest absolute Gasteiger partial charge is 0.326 e. The summed E-state index contributed by atoms with van der Waals surface area (Å²) in [7, 11) is 0. The van der Waals surface area contributed by atoms with Gasteiger partial charge in [-0.1, -0.05) is 60.7 Å². The predicted molar refractivity (Wildman–Crippen MR) is 117 cm³/mol. The molecule has 0 saturated heterocycles. The van der Waals surface area contributed by atoms with Crippen molar-refractivity contribution in [3.8, 4) is 22.4 Å². The number of H-pyrrole nitrogens is 2. The molecule has 0 bridgehead atoms. The molecular formula is C23H19N5O4. The normalized spacial score (nSPS) is 11.6. The van der Waals surface area contributed by atoms with Crippen LogP contribution in [-0.4, -0.2) is 43.2 Å². The molecule has 0 fully saturated rings. The van der Waals surface area contributed by atoms with Crippen molar-refractivity contribution >= 4 is 11.9 Å². The van der Waals surface area contributed by atoms with Crippen LogP contribution in [0.4, 0.5) is 0 Å². The van der Waals surface area contributed by atoms with Gasteiger partial charge in [-0.3, -0.25) is 9.59 Å². The molecule has 0 aliphatic carbocycles. The SMILES string of the molecule is O=C(NC(Cc1cnc[nH]1)C(=O)O)c1c(-c2ccccc2)c(-c2ccccc2)n[nH]c1=O. The number of aromatic nitrogens is 4. The molecule has 1 unspecified atom stereocenters. The monoisotopic (exact) mass is 429 g/mol. The lowest BCUT2D eigenvalue weighted by Crippen LogP contribution is -2.44. The van der Waals surface area contributed by atoms with Gasteiger partial charge >= 0.3 is 5.97 Å². The van der Waals surface area contributed by atoms with E-state index in [1.54, 1.807) is 24.3 Å². The molecule has 9 nitrogen and oxygen atoms in total. The van der Waals surface area contributed by atoms with E-state index in [9.17, 15) is 19.5 Å². The van der Waals surface area contributed by atoms with Gasteiger partial charge in [0.1, 0.15) is 11.6 Å². The van der Waals surface area contributed by atoms with Gasteiger partial charge in [-0.15, -0.1) is 0 Å². The van der Waals surface area contributed by atoms with Crippen molar-refractivity contribution in [2.45, 2.75) is 12.5 Å². The Balaban J connectivity index is 1.81. The average molecular weight is 429 g/mol. The topological polar surface area (TPSA) is 141 Å². The molecule has 2 heterocycles. The number of amides is 1. The molecule has 9 heteroatoms. The molecule has 0 radical (unpaired) electrons. The van der Waals surface area contributed by atoms with Crippen LogP contribution in [0.3, 0.4) is 0 Å². The number of nitrogens with zero attached hydrogens (tertiary/aromatic N) is 2. The lowest BCUT2D eigenvalue weighted by molar-refractivity contribution is -0.139. The van der Waals surface area contributed by atoms with Crippen LogP contribution in [0.15, 0.2) is 78.0 Å². The fraction of sp³-hybridized carbons (Fsp3) is 0.0870. The third kappa shape index (κ3) is 4.31. The number of benzene rings is 2. The van der Waals surface area contributed by atoms with Gasteiger partial charge in [0.05, 0.1) is 12.0 Å². The van der Waals surface area contributed by atoms with Crippen molar-refractivity contribution < 1.29 is 14.7 Å². The molecule has 2 aromatic heterocycles. The number of hydrogen-bond acceptors (Lipinski definition) is 5. The number of aromatic amines is 2. The zero-order valence-corrected chi connectivity index (χ0v) is 16.8. The summed E-state index contributed by atoms with van der Waals surface area (Å²) in [4.78, 5) is 44.4. The largest absolute Gasteiger partial charge is 0.480 e. The van der Waals surface area contributed by atoms with Gasteiger partial charge in [-0.05, 0) is 5.56 Å². The van der Waals surface area contributed by atoms with Gasteiger partial charge in [0.25, 0.3) is 11.5 Å². The second kappa shape index (κ2) is 9.09. The Hall–Kier alpha value is -4.53. The molecule has 4 N–H and O–H groups in total. The molecule has 32 heavy (non-hydrogen) atoms. The minimum atomic E-state index is -1.26. The van der Waals surface area contributed by atoms with E-state index in [1.165, 1.54) is 12.5 Å². The van der Waals surface area contributed by atoms with Crippen LogP contribution in [0.2, 0.25) is 0 Å². The number of carboxylic acids is 1.